The van der Waals surface area contributed by atoms with Crippen LogP contribution in [0.5, 0.6) is 0 Å². The number of benzene rings is 1. The highest BCUT2D eigenvalue weighted by Gasteiger charge is 2.28. The Hall–Kier alpha value is -1.35. The van der Waals surface area contributed by atoms with Gasteiger partial charge in [-0.25, -0.2) is 0 Å². The Labute approximate surface area is 128 Å². The van der Waals surface area contributed by atoms with E-state index >= 15 is 0 Å². The lowest BCUT2D eigenvalue weighted by Crippen LogP contribution is -2.44. The Bertz CT molecular complexity index is 451. The minimum absolute atomic E-state index is 0.184. The van der Waals surface area contributed by atoms with E-state index in [2.05, 4.69) is 49.9 Å². The molecule has 1 heterocycles. The third-order valence-electron chi connectivity index (χ3n) is 4.46. The van der Waals surface area contributed by atoms with Crippen LogP contribution in [0.4, 0.5) is 0 Å². The molecule has 1 aromatic rings. The van der Waals surface area contributed by atoms with Crippen molar-refractivity contribution < 1.29 is 4.79 Å². The number of nitrogens with zero attached hydrogens (tertiary/aromatic N) is 2. The Morgan fingerprint density at radius 1 is 1.24 bits per heavy atom. The molecule has 0 saturated carbocycles. The van der Waals surface area contributed by atoms with Crippen LogP contribution in [0.15, 0.2) is 24.3 Å². The first-order chi connectivity index (χ1) is 10.1. The summed E-state index contributed by atoms with van der Waals surface area (Å²) in [5.74, 6) is 0.526. The summed E-state index contributed by atoms with van der Waals surface area (Å²) in [4.78, 5) is 16.9. The van der Waals surface area contributed by atoms with Crippen molar-refractivity contribution in [1.29, 1.82) is 0 Å². The number of carbonyl (C=O) groups is 1. The fourth-order valence-corrected chi connectivity index (χ4v) is 3.15. The largest absolute Gasteiger partial charge is 0.343 e. The van der Waals surface area contributed by atoms with E-state index in [0.29, 0.717) is 5.91 Å². The van der Waals surface area contributed by atoms with Crippen molar-refractivity contribution in [2.45, 2.75) is 40.2 Å². The molecule has 0 aromatic heterocycles. The lowest BCUT2D eigenvalue weighted by molar-refractivity contribution is -0.137. The molecular weight excluding hydrogens is 260 g/mol. The molecule has 0 bridgehead atoms. The van der Waals surface area contributed by atoms with Gasteiger partial charge in [-0.3, -0.25) is 9.69 Å². The number of likely N-dealkylation sites (tertiary alicyclic amines) is 1. The summed E-state index contributed by atoms with van der Waals surface area (Å²) in [6, 6.07) is 8.73. The second-order valence-corrected chi connectivity index (χ2v) is 6.07. The van der Waals surface area contributed by atoms with Crippen LogP contribution in [-0.2, 0) is 11.3 Å². The van der Waals surface area contributed by atoms with E-state index in [1.807, 2.05) is 4.90 Å². The fourth-order valence-electron chi connectivity index (χ4n) is 3.15. The van der Waals surface area contributed by atoms with Crippen LogP contribution < -0.4 is 0 Å². The molecule has 1 aliphatic rings. The van der Waals surface area contributed by atoms with E-state index < -0.39 is 0 Å². The molecule has 0 N–H and O–H groups in total. The zero-order chi connectivity index (χ0) is 15.2. The molecule has 1 amide bonds. The van der Waals surface area contributed by atoms with Gasteiger partial charge in [-0.15, -0.1) is 0 Å². The smallest absolute Gasteiger partial charge is 0.226 e. The van der Waals surface area contributed by atoms with Gasteiger partial charge in [0.1, 0.15) is 0 Å². The highest BCUT2D eigenvalue weighted by Crippen LogP contribution is 2.20. The topological polar surface area (TPSA) is 23.6 Å². The third kappa shape index (κ3) is 4.31. The van der Waals surface area contributed by atoms with Gasteiger partial charge in [0.05, 0.1) is 5.92 Å². The third-order valence-corrected chi connectivity index (χ3v) is 4.46. The van der Waals surface area contributed by atoms with Crippen molar-refractivity contribution in [3.8, 4) is 0 Å². The monoisotopic (exact) mass is 288 g/mol. The molecule has 1 atom stereocenters. The van der Waals surface area contributed by atoms with Gasteiger partial charge in [0.15, 0.2) is 0 Å². The number of carbonyl (C=O) groups excluding carboxylic acids is 1. The van der Waals surface area contributed by atoms with Gasteiger partial charge in [0.2, 0.25) is 5.91 Å². The summed E-state index contributed by atoms with van der Waals surface area (Å²) in [6.45, 7) is 10.9. The zero-order valence-corrected chi connectivity index (χ0v) is 13.6. The number of aryl methyl sites for hydroxylation is 1. The molecule has 1 saturated heterocycles. The molecule has 3 heteroatoms. The molecule has 1 aromatic carbocycles. The summed E-state index contributed by atoms with van der Waals surface area (Å²) in [7, 11) is 0. The van der Waals surface area contributed by atoms with Gasteiger partial charge in [0.25, 0.3) is 0 Å². The predicted octanol–water partition coefficient (Wildman–Crippen LogP) is 3.08. The highest BCUT2D eigenvalue weighted by molar-refractivity contribution is 5.79. The maximum absolute atomic E-state index is 12.5. The summed E-state index contributed by atoms with van der Waals surface area (Å²) < 4.78 is 0. The SMILES string of the molecule is CCN(CC)C(=O)[C@@H]1CCCN(Cc2ccc(C)cc2)C1. The van der Waals surface area contributed by atoms with Gasteiger partial charge in [-0.1, -0.05) is 29.8 Å². The van der Waals surface area contributed by atoms with Crippen molar-refractivity contribution >= 4 is 5.91 Å². The standard InChI is InChI=1S/C18H28N2O/c1-4-20(5-2)18(21)17-7-6-12-19(14-17)13-16-10-8-15(3)9-11-16/h8-11,17H,4-7,12-14H2,1-3H3/t17-/m1/s1. The maximum atomic E-state index is 12.5. The molecule has 0 unspecified atom stereocenters. The minimum atomic E-state index is 0.184. The fraction of sp³-hybridized carbons (Fsp3) is 0.611. The Balaban J connectivity index is 1.94. The molecule has 0 spiro atoms. The average Bonchev–Trinajstić information content (AvgIpc) is 2.51. The first-order valence-corrected chi connectivity index (χ1v) is 8.20. The molecule has 1 aliphatic heterocycles. The number of hydrogen-bond acceptors (Lipinski definition) is 2. The average molecular weight is 288 g/mol. The number of rotatable bonds is 5. The zero-order valence-electron chi connectivity index (χ0n) is 13.6. The molecule has 0 aliphatic carbocycles. The van der Waals surface area contributed by atoms with Crippen LogP contribution in [-0.4, -0.2) is 41.9 Å². The minimum Gasteiger partial charge on any atom is -0.343 e. The Morgan fingerprint density at radius 2 is 1.90 bits per heavy atom. The number of piperidine rings is 1. The molecule has 3 nitrogen and oxygen atoms in total. The molecular formula is C18H28N2O. The van der Waals surface area contributed by atoms with Crippen LogP contribution in [0.3, 0.4) is 0 Å². The molecule has 2 rings (SSSR count). The van der Waals surface area contributed by atoms with Gasteiger partial charge < -0.3 is 4.90 Å². The van der Waals surface area contributed by atoms with Crippen molar-refractivity contribution in [1.82, 2.24) is 9.80 Å². The van der Waals surface area contributed by atoms with E-state index in [1.54, 1.807) is 0 Å². The maximum Gasteiger partial charge on any atom is 0.226 e. The molecule has 116 valence electrons. The van der Waals surface area contributed by atoms with E-state index in [9.17, 15) is 4.79 Å². The van der Waals surface area contributed by atoms with E-state index in [1.165, 1.54) is 11.1 Å². The van der Waals surface area contributed by atoms with E-state index in [0.717, 1.165) is 45.6 Å². The lowest BCUT2D eigenvalue weighted by atomic mass is 9.96. The Morgan fingerprint density at radius 3 is 2.52 bits per heavy atom. The second-order valence-electron chi connectivity index (χ2n) is 6.07. The van der Waals surface area contributed by atoms with Gasteiger partial charge >= 0.3 is 0 Å². The van der Waals surface area contributed by atoms with Gasteiger partial charge in [0, 0.05) is 26.2 Å². The summed E-state index contributed by atoms with van der Waals surface area (Å²) in [5, 5.41) is 0. The number of hydrogen-bond donors (Lipinski definition) is 0. The van der Waals surface area contributed by atoms with Crippen LogP contribution in [0.1, 0.15) is 37.8 Å². The molecule has 1 fully saturated rings. The Kier molecular flexibility index (Phi) is 5.80. The summed E-state index contributed by atoms with van der Waals surface area (Å²) in [5.41, 5.74) is 2.64. The van der Waals surface area contributed by atoms with Crippen molar-refractivity contribution in [3.05, 3.63) is 35.4 Å². The van der Waals surface area contributed by atoms with Crippen molar-refractivity contribution in [2.24, 2.45) is 5.92 Å². The van der Waals surface area contributed by atoms with Crippen LogP contribution in [0.2, 0.25) is 0 Å². The summed E-state index contributed by atoms with van der Waals surface area (Å²) in [6.07, 6.45) is 2.17. The normalized spacial score (nSPS) is 19.5. The van der Waals surface area contributed by atoms with Crippen molar-refractivity contribution in [3.63, 3.8) is 0 Å². The number of amides is 1. The first-order valence-electron chi connectivity index (χ1n) is 8.20. The second kappa shape index (κ2) is 7.60. The highest BCUT2D eigenvalue weighted by atomic mass is 16.2. The van der Waals surface area contributed by atoms with Crippen molar-refractivity contribution in [2.75, 3.05) is 26.2 Å². The van der Waals surface area contributed by atoms with Gasteiger partial charge in [-0.2, -0.15) is 0 Å². The van der Waals surface area contributed by atoms with Crippen LogP contribution in [0, 0.1) is 12.8 Å². The van der Waals surface area contributed by atoms with E-state index in [-0.39, 0.29) is 5.92 Å². The van der Waals surface area contributed by atoms with Crippen LogP contribution >= 0.6 is 0 Å². The first kappa shape index (κ1) is 16.0. The lowest BCUT2D eigenvalue weighted by Gasteiger charge is -2.34. The van der Waals surface area contributed by atoms with Gasteiger partial charge in [-0.05, 0) is 45.7 Å². The molecule has 0 radical (unpaired) electrons. The predicted molar refractivity (Wildman–Crippen MR) is 87.1 cm³/mol. The summed E-state index contributed by atoms with van der Waals surface area (Å²) >= 11 is 0. The van der Waals surface area contributed by atoms with Crippen LogP contribution in [0.25, 0.3) is 0 Å². The molecule has 21 heavy (non-hydrogen) atoms. The van der Waals surface area contributed by atoms with E-state index in [4.69, 9.17) is 0 Å². The quantitative estimate of drug-likeness (QED) is 0.831.